The summed E-state index contributed by atoms with van der Waals surface area (Å²) in [5, 5.41) is 0. The van der Waals surface area contributed by atoms with Gasteiger partial charge in [-0.1, -0.05) is 0 Å². The Hall–Kier alpha value is -0.900. The predicted molar refractivity (Wildman–Crippen MR) is 32.1 cm³/mol. The summed E-state index contributed by atoms with van der Waals surface area (Å²) in [4.78, 5) is 19.7. The van der Waals surface area contributed by atoms with Gasteiger partial charge in [-0.15, -0.1) is 0 Å². The van der Waals surface area contributed by atoms with Gasteiger partial charge in [-0.3, -0.25) is 9.59 Å². The number of primary amides is 1. The summed E-state index contributed by atoms with van der Waals surface area (Å²) < 4.78 is 0. The summed E-state index contributed by atoms with van der Waals surface area (Å²) >= 11 is 0. The van der Waals surface area contributed by atoms with E-state index in [-0.39, 0.29) is 12.8 Å². The monoisotopic (exact) mass is 129 g/mol. The average molecular weight is 129 g/mol. The Morgan fingerprint density at radius 1 is 1.67 bits per heavy atom. The second kappa shape index (κ2) is 4.03. The fourth-order valence-corrected chi connectivity index (χ4v) is 0.438. The molecular formula is C5H9N2O2. The van der Waals surface area contributed by atoms with Crippen LogP contribution in [0.15, 0.2) is 0 Å². The number of carbonyl (C=O) groups is 1. The van der Waals surface area contributed by atoms with Gasteiger partial charge in [0.25, 0.3) is 0 Å². The lowest BCUT2D eigenvalue weighted by molar-refractivity contribution is -0.118. The Bertz CT molecular complexity index is 114. The molecule has 4 N–H and O–H groups in total. The van der Waals surface area contributed by atoms with Gasteiger partial charge in [0.2, 0.25) is 5.91 Å². The standard InChI is InChI=1S/C5H9N2O2/c6-4(1-2-8)3-5(7)9/h4H,1,3,6H2,(H2,7,9)/t4-/m0/s1. The van der Waals surface area contributed by atoms with Crippen LogP contribution in [0.25, 0.3) is 0 Å². The van der Waals surface area contributed by atoms with Crippen molar-refractivity contribution in [2.24, 2.45) is 11.5 Å². The fraction of sp³-hybridized carbons (Fsp3) is 0.600. The van der Waals surface area contributed by atoms with Crippen LogP contribution in [-0.2, 0) is 9.59 Å². The van der Waals surface area contributed by atoms with Crippen molar-refractivity contribution in [3.05, 3.63) is 0 Å². The second-order valence-corrected chi connectivity index (χ2v) is 1.78. The minimum Gasteiger partial charge on any atom is -0.370 e. The topological polar surface area (TPSA) is 86.2 Å². The Morgan fingerprint density at radius 3 is 2.56 bits per heavy atom. The number of carbonyl (C=O) groups excluding carboxylic acids is 2. The van der Waals surface area contributed by atoms with Crippen LogP contribution in [0.3, 0.4) is 0 Å². The van der Waals surface area contributed by atoms with Gasteiger partial charge in [-0.2, -0.15) is 0 Å². The molecule has 0 aromatic rings. The molecule has 4 heteroatoms. The lowest BCUT2D eigenvalue weighted by Gasteiger charge is -2.01. The van der Waals surface area contributed by atoms with E-state index in [4.69, 9.17) is 11.5 Å². The smallest absolute Gasteiger partial charge is 0.218 e. The van der Waals surface area contributed by atoms with Crippen molar-refractivity contribution in [2.75, 3.05) is 0 Å². The molecule has 0 aliphatic carbocycles. The Kier molecular flexibility index (Phi) is 3.62. The molecule has 9 heavy (non-hydrogen) atoms. The molecule has 4 nitrogen and oxygen atoms in total. The number of rotatable bonds is 4. The summed E-state index contributed by atoms with van der Waals surface area (Å²) in [5.74, 6) is -0.488. The Labute approximate surface area is 53.2 Å². The number of hydrogen-bond acceptors (Lipinski definition) is 3. The van der Waals surface area contributed by atoms with Crippen molar-refractivity contribution in [1.82, 2.24) is 0 Å². The van der Waals surface area contributed by atoms with Gasteiger partial charge in [-0.05, 0) is 0 Å². The van der Waals surface area contributed by atoms with E-state index in [1.54, 1.807) is 6.29 Å². The fourth-order valence-electron chi connectivity index (χ4n) is 0.438. The van der Waals surface area contributed by atoms with Crippen LogP contribution in [0.1, 0.15) is 12.8 Å². The molecule has 0 aliphatic rings. The Morgan fingerprint density at radius 2 is 2.22 bits per heavy atom. The third-order valence-electron chi connectivity index (χ3n) is 0.809. The van der Waals surface area contributed by atoms with Crippen LogP contribution < -0.4 is 11.5 Å². The van der Waals surface area contributed by atoms with Crippen LogP contribution >= 0.6 is 0 Å². The first-order chi connectivity index (χ1) is 4.16. The van der Waals surface area contributed by atoms with Gasteiger partial charge in [-0.25, -0.2) is 0 Å². The van der Waals surface area contributed by atoms with Crippen LogP contribution in [0.2, 0.25) is 0 Å². The zero-order valence-electron chi connectivity index (χ0n) is 4.96. The van der Waals surface area contributed by atoms with E-state index in [0.717, 1.165) is 0 Å². The maximum absolute atomic E-state index is 10.1. The number of nitrogens with two attached hydrogens (primary N) is 2. The average Bonchev–Trinajstić information content (AvgIpc) is 1.63. The van der Waals surface area contributed by atoms with Gasteiger partial charge < -0.3 is 11.5 Å². The first-order valence-corrected chi connectivity index (χ1v) is 2.55. The van der Waals surface area contributed by atoms with Crippen molar-refractivity contribution in [3.8, 4) is 0 Å². The summed E-state index contributed by atoms with van der Waals surface area (Å²) in [7, 11) is 0. The molecule has 0 heterocycles. The van der Waals surface area contributed by atoms with E-state index in [1.165, 1.54) is 0 Å². The van der Waals surface area contributed by atoms with E-state index in [2.05, 4.69) is 0 Å². The molecule has 0 saturated carbocycles. The summed E-state index contributed by atoms with van der Waals surface area (Å²) in [5.41, 5.74) is 10.00. The molecule has 0 aromatic carbocycles. The maximum atomic E-state index is 10.1. The first-order valence-electron chi connectivity index (χ1n) is 2.55. The molecule has 0 spiro atoms. The molecule has 0 rings (SSSR count). The van der Waals surface area contributed by atoms with Crippen LogP contribution in [-0.4, -0.2) is 18.2 Å². The molecule has 1 radical (unpaired) electrons. The lowest BCUT2D eigenvalue weighted by atomic mass is 10.2. The minimum atomic E-state index is -0.488. The predicted octanol–water partition coefficient (Wildman–Crippen LogP) is -1.31. The minimum absolute atomic E-state index is 0.0508. The molecule has 0 unspecified atom stereocenters. The molecule has 1 atom stereocenters. The molecule has 0 aliphatic heterocycles. The number of hydrogen-bond donors (Lipinski definition) is 2. The molecular weight excluding hydrogens is 120 g/mol. The SMILES string of the molecule is NC(=O)C[C@@H](N)C[C]=O. The third kappa shape index (κ3) is 4.96. The maximum Gasteiger partial charge on any atom is 0.218 e. The van der Waals surface area contributed by atoms with Gasteiger partial charge in [0.15, 0.2) is 6.29 Å². The molecule has 51 valence electrons. The lowest BCUT2D eigenvalue weighted by Crippen LogP contribution is -2.27. The molecule has 0 bridgehead atoms. The van der Waals surface area contributed by atoms with Crippen molar-refractivity contribution in [1.29, 1.82) is 0 Å². The quantitative estimate of drug-likeness (QED) is 0.494. The molecule has 0 aromatic heterocycles. The molecule has 1 amide bonds. The van der Waals surface area contributed by atoms with Crippen LogP contribution in [0, 0.1) is 0 Å². The zero-order chi connectivity index (χ0) is 7.28. The highest BCUT2D eigenvalue weighted by molar-refractivity contribution is 5.74. The van der Waals surface area contributed by atoms with Gasteiger partial charge in [0, 0.05) is 18.9 Å². The third-order valence-corrected chi connectivity index (χ3v) is 0.809. The van der Waals surface area contributed by atoms with Crippen molar-refractivity contribution in [2.45, 2.75) is 18.9 Å². The van der Waals surface area contributed by atoms with Crippen molar-refractivity contribution >= 4 is 12.2 Å². The normalized spacial score (nSPS) is 12.6. The largest absolute Gasteiger partial charge is 0.370 e. The van der Waals surface area contributed by atoms with E-state index in [9.17, 15) is 9.59 Å². The second-order valence-electron chi connectivity index (χ2n) is 1.78. The van der Waals surface area contributed by atoms with E-state index in [0.29, 0.717) is 0 Å². The van der Waals surface area contributed by atoms with Crippen LogP contribution in [0.5, 0.6) is 0 Å². The van der Waals surface area contributed by atoms with Crippen LogP contribution in [0.4, 0.5) is 0 Å². The Balaban J connectivity index is 3.37. The summed E-state index contributed by atoms with van der Waals surface area (Å²) in [6.45, 7) is 0. The first kappa shape index (κ1) is 8.10. The molecule has 0 fully saturated rings. The zero-order valence-corrected chi connectivity index (χ0v) is 4.96. The highest BCUT2D eigenvalue weighted by Crippen LogP contribution is 1.88. The van der Waals surface area contributed by atoms with E-state index in [1.807, 2.05) is 0 Å². The summed E-state index contributed by atoms with van der Waals surface area (Å²) in [6.07, 6.45) is 1.71. The van der Waals surface area contributed by atoms with Gasteiger partial charge in [0.1, 0.15) is 0 Å². The highest BCUT2D eigenvalue weighted by atomic mass is 16.1. The highest BCUT2D eigenvalue weighted by Gasteiger charge is 2.04. The van der Waals surface area contributed by atoms with E-state index >= 15 is 0 Å². The van der Waals surface area contributed by atoms with E-state index < -0.39 is 11.9 Å². The molecule has 0 saturated heterocycles. The van der Waals surface area contributed by atoms with Crippen molar-refractivity contribution < 1.29 is 9.59 Å². The number of amides is 1. The van der Waals surface area contributed by atoms with Gasteiger partial charge in [0.05, 0.1) is 0 Å². The van der Waals surface area contributed by atoms with Crippen molar-refractivity contribution in [3.63, 3.8) is 0 Å². The van der Waals surface area contributed by atoms with Gasteiger partial charge >= 0.3 is 0 Å². The summed E-state index contributed by atoms with van der Waals surface area (Å²) in [6, 6.07) is -0.458.